The van der Waals surface area contributed by atoms with E-state index in [1.165, 1.54) is 30.5 Å². The van der Waals surface area contributed by atoms with Crippen molar-refractivity contribution in [1.29, 1.82) is 0 Å². The number of rotatable bonds is 5. The first-order valence-corrected chi connectivity index (χ1v) is 4.62. The van der Waals surface area contributed by atoms with Crippen LogP contribution in [0.15, 0.2) is 11.3 Å². The highest BCUT2D eigenvalue weighted by Gasteiger charge is 1.93. The summed E-state index contributed by atoms with van der Waals surface area (Å²) in [5, 5.41) is 3.40. The quantitative estimate of drug-likeness (QED) is 0.643. The lowest BCUT2D eigenvalue weighted by atomic mass is 10.1. The normalized spacial score (nSPS) is 12.7. The van der Waals surface area contributed by atoms with Crippen LogP contribution in [0.25, 0.3) is 0 Å². The number of allylic oxidation sites excluding steroid dienone is 2. The van der Waals surface area contributed by atoms with Gasteiger partial charge in [-0.2, -0.15) is 0 Å². The molecule has 0 aromatic rings. The molecule has 0 radical (unpaired) electrons. The second-order valence-electron chi connectivity index (χ2n) is 3.08. The van der Waals surface area contributed by atoms with Crippen LogP contribution in [0, 0.1) is 0 Å². The maximum absolute atomic E-state index is 3.40. The molecule has 1 N–H and O–H groups in total. The molecule has 0 saturated heterocycles. The summed E-state index contributed by atoms with van der Waals surface area (Å²) in [6, 6.07) is 0. The summed E-state index contributed by atoms with van der Waals surface area (Å²) in [6.45, 7) is 9.89. The van der Waals surface area contributed by atoms with Crippen molar-refractivity contribution < 1.29 is 0 Å². The standard InChI is InChI=1S/C10H21N/c1-5-7-9(3)10(4)11-8-6-2/h11H,5-8H2,1-4H3/b10-9-. The van der Waals surface area contributed by atoms with Crippen LogP contribution in [0.2, 0.25) is 0 Å². The molecule has 0 heterocycles. The lowest BCUT2D eigenvalue weighted by Crippen LogP contribution is -2.13. The predicted molar refractivity (Wildman–Crippen MR) is 51.6 cm³/mol. The molecule has 0 spiro atoms. The van der Waals surface area contributed by atoms with Crippen molar-refractivity contribution in [3.8, 4) is 0 Å². The first-order chi connectivity index (χ1) is 5.22. The minimum absolute atomic E-state index is 1.10. The topological polar surface area (TPSA) is 12.0 Å². The fourth-order valence-electron chi connectivity index (χ4n) is 1.03. The van der Waals surface area contributed by atoms with Crippen molar-refractivity contribution in [1.82, 2.24) is 5.32 Å². The fraction of sp³-hybridized carbons (Fsp3) is 0.800. The Morgan fingerprint density at radius 2 is 1.73 bits per heavy atom. The van der Waals surface area contributed by atoms with Crippen LogP contribution in [0.3, 0.4) is 0 Å². The molecule has 0 aromatic carbocycles. The zero-order valence-electron chi connectivity index (χ0n) is 8.33. The zero-order valence-corrected chi connectivity index (χ0v) is 8.33. The Morgan fingerprint density at radius 3 is 2.18 bits per heavy atom. The van der Waals surface area contributed by atoms with Gasteiger partial charge in [-0.15, -0.1) is 0 Å². The van der Waals surface area contributed by atoms with E-state index in [1.807, 2.05) is 0 Å². The molecular weight excluding hydrogens is 134 g/mol. The SMILES string of the molecule is CCCN/C(C)=C(/C)CCC. The molecule has 0 rings (SSSR count). The van der Waals surface area contributed by atoms with Gasteiger partial charge in [0, 0.05) is 12.2 Å². The molecular formula is C10H21N. The van der Waals surface area contributed by atoms with Crippen LogP contribution in [0.1, 0.15) is 47.0 Å². The highest BCUT2D eigenvalue weighted by atomic mass is 14.9. The summed E-state index contributed by atoms with van der Waals surface area (Å²) in [7, 11) is 0. The van der Waals surface area contributed by atoms with E-state index in [0.717, 1.165) is 6.54 Å². The Hall–Kier alpha value is -0.460. The molecule has 0 saturated carbocycles. The van der Waals surface area contributed by atoms with Crippen LogP contribution in [0.5, 0.6) is 0 Å². The number of hydrogen-bond acceptors (Lipinski definition) is 1. The van der Waals surface area contributed by atoms with Crippen molar-refractivity contribution >= 4 is 0 Å². The maximum atomic E-state index is 3.40. The summed E-state index contributed by atoms with van der Waals surface area (Å²) < 4.78 is 0. The average molecular weight is 155 g/mol. The molecule has 0 fully saturated rings. The van der Waals surface area contributed by atoms with Crippen LogP contribution < -0.4 is 5.32 Å². The van der Waals surface area contributed by atoms with E-state index >= 15 is 0 Å². The second kappa shape index (κ2) is 6.26. The third-order valence-electron chi connectivity index (χ3n) is 1.91. The monoisotopic (exact) mass is 155 g/mol. The van der Waals surface area contributed by atoms with Crippen LogP contribution in [-0.2, 0) is 0 Å². The van der Waals surface area contributed by atoms with E-state index in [2.05, 4.69) is 33.0 Å². The summed E-state index contributed by atoms with van der Waals surface area (Å²) in [4.78, 5) is 0. The fourth-order valence-corrected chi connectivity index (χ4v) is 1.03. The largest absolute Gasteiger partial charge is 0.389 e. The molecule has 0 unspecified atom stereocenters. The molecule has 11 heavy (non-hydrogen) atoms. The summed E-state index contributed by atoms with van der Waals surface area (Å²) >= 11 is 0. The second-order valence-corrected chi connectivity index (χ2v) is 3.08. The summed E-state index contributed by atoms with van der Waals surface area (Å²) in [5.41, 5.74) is 2.87. The lowest BCUT2D eigenvalue weighted by molar-refractivity contribution is 0.746. The van der Waals surface area contributed by atoms with E-state index in [0.29, 0.717) is 0 Å². The lowest BCUT2D eigenvalue weighted by Gasteiger charge is -2.08. The van der Waals surface area contributed by atoms with Crippen LogP contribution >= 0.6 is 0 Å². The van der Waals surface area contributed by atoms with Gasteiger partial charge < -0.3 is 5.32 Å². The van der Waals surface area contributed by atoms with Gasteiger partial charge in [-0.25, -0.2) is 0 Å². The molecule has 0 aliphatic rings. The van der Waals surface area contributed by atoms with Crippen LogP contribution in [0.4, 0.5) is 0 Å². The van der Waals surface area contributed by atoms with Gasteiger partial charge in [0.2, 0.25) is 0 Å². The molecule has 0 aromatic heterocycles. The Balaban J connectivity index is 3.73. The molecule has 1 nitrogen and oxygen atoms in total. The molecule has 0 bridgehead atoms. The van der Waals surface area contributed by atoms with Crippen molar-refractivity contribution in [2.45, 2.75) is 47.0 Å². The van der Waals surface area contributed by atoms with Crippen molar-refractivity contribution in [3.63, 3.8) is 0 Å². The molecule has 66 valence electrons. The molecule has 1 heteroatoms. The third kappa shape index (κ3) is 4.88. The van der Waals surface area contributed by atoms with E-state index in [1.54, 1.807) is 0 Å². The van der Waals surface area contributed by atoms with Gasteiger partial charge in [0.05, 0.1) is 0 Å². The highest BCUT2D eigenvalue weighted by molar-refractivity contribution is 5.07. The van der Waals surface area contributed by atoms with E-state index in [-0.39, 0.29) is 0 Å². The van der Waals surface area contributed by atoms with Gasteiger partial charge in [-0.05, 0) is 26.7 Å². The van der Waals surface area contributed by atoms with Gasteiger partial charge in [-0.1, -0.05) is 25.8 Å². The molecule has 0 atom stereocenters. The average Bonchev–Trinajstić information content (AvgIpc) is 2.00. The third-order valence-corrected chi connectivity index (χ3v) is 1.91. The first kappa shape index (κ1) is 10.5. The van der Waals surface area contributed by atoms with E-state index in [9.17, 15) is 0 Å². The maximum Gasteiger partial charge on any atom is 0.0141 e. The molecule has 0 aliphatic carbocycles. The van der Waals surface area contributed by atoms with Gasteiger partial charge in [0.25, 0.3) is 0 Å². The van der Waals surface area contributed by atoms with Gasteiger partial charge in [-0.3, -0.25) is 0 Å². The van der Waals surface area contributed by atoms with Crippen molar-refractivity contribution in [2.75, 3.05) is 6.54 Å². The Labute approximate surface area is 70.9 Å². The van der Waals surface area contributed by atoms with Crippen LogP contribution in [-0.4, -0.2) is 6.54 Å². The summed E-state index contributed by atoms with van der Waals surface area (Å²) in [6.07, 6.45) is 3.68. The zero-order chi connectivity index (χ0) is 8.69. The minimum atomic E-state index is 1.10. The Morgan fingerprint density at radius 1 is 1.09 bits per heavy atom. The predicted octanol–water partition coefficient (Wildman–Crippen LogP) is 3.08. The first-order valence-electron chi connectivity index (χ1n) is 4.62. The van der Waals surface area contributed by atoms with Gasteiger partial charge >= 0.3 is 0 Å². The van der Waals surface area contributed by atoms with E-state index < -0.39 is 0 Å². The highest BCUT2D eigenvalue weighted by Crippen LogP contribution is 2.07. The summed E-state index contributed by atoms with van der Waals surface area (Å²) in [5.74, 6) is 0. The smallest absolute Gasteiger partial charge is 0.0141 e. The van der Waals surface area contributed by atoms with Crippen molar-refractivity contribution in [2.24, 2.45) is 0 Å². The Kier molecular flexibility index (Phi) is 6.00. The molecule has 0 amide bonds. The van der Waals surface area contributed by atoms with Gasteiger partial charge in [0.15, 0.2) is 0 Å². The minimum Gasteiger partial charge on any atom is -0.389 e. The number of nitrogens with one attached hydrogen (secondary N) is 1. The van der Waals surface area contributed by atoms with E-state index in [4.69, 9.17) is 0 Å². The van der Waals surface area contributed by atoms with Gasteiger partial charge in [0.1, 0.15) is 0 Å². The molecule has 0 aliphatic heterocycles. The van der Waals surface area contributed by atoms with Crippen molar-refractivity contribution in [3.05, 3.63) is 11.3 Å². The number of hydrogen-bond donors (Lipinski definition) is 1. The Bertz CT molecular complexity index is 125.